The van der Waals surface area contributed by atoms with Crippen molar-refractivity contribution < 1.29 is 9.59 Å². The van der Waals surface area contributed by atoms with Gasteiger partial charge in [0.15, 0.2) is 0 Å². The van der Waals surface area contributed by atoms with E-state index in [9.17, 15) is 9.59 Å². The fraction of sp³-hybridized carbons (Fsp3) is 0.333. The zero-order chi connectivity index (χ0) is 18.4. The lowest BCUT2D eigenvalue weighted by Crippen LogP contribution is -2.44. The number of hydrogen-bond donors (Lipinski definition) is 2. The Hall–Kier alpha value is -2.33. The van der Waals surface area contributed by atoms with Crippen LogP contribution < -0.4 is 10.6 Å². The monoisotopic (exact) mass is 370 g/mol. The van der Waals surface area contributed by atoms with Gasteiger partial charge < -0.3 is 10.6 Å². The maximum absolute atomic E-state index is 12.5. The molecule has 1 aliphatic carbocycles. The average Bonchev–Trinajstić information content (AvgIpc) is 3.46. The molecule has 2 aromatic carbocycles. The van der Waals surface area contributed by atoms with Crippen LogP contribution in [0.25, 0.3) is 0 Å². The van der Waals surface area contributed by atoms with E-state index in [0.29, 0.717) is 37.4 Å². The summed E-state index contributed by atoms with van der Waals surface area (Å²) in [5.74, 6) is -0.318. The topological polar surface area (TPSA) is 58.2 Å². The minimum absolute atomic E-state index is 0.155. The van der Waals surface area contributed by atoms with Gasteiger partial charge >= 0.3 is 0 Å². The molecule has 0 aromatic heterocycles. The van der Waals surface area contributed by atoms with E-state index in [1.165, 1.54) is 5.56 Å². The lowest BCUT2D eigenvalue weighted by Gasteiger charge is -2.15. The van der Waals surface area contributed by atoms with E-state index in [-0.39, 0.29) is 11.8 Å². The van der Waals surface area contributed by atoms with Crippen LogP contribution in [-0.4, -0.2) is 24.9 Å². The highest BCUT2D eigenvalue weighted by Gasteiger charge is 2.56. The third-order valence-electron chi connectivity index (χ3n) is 4.77. The van der Waals surface area contributed by atoms with Crippen LogP contribution in [-0.2, 0) is 22.4 Å². The van der Waals surface area contributed by atoms with E-state index in [1.54, 1.807) is 0 Å². The molecular formula is C21H23ClN2O2. The second-order valence-electron chi connectivity index (χ2n) is 6.71. The lowest BCUT2D eigenvalue weighted by molar-refractivity contribution is -0.137. The molecule has 2 aromatic rings. The van der Waals surface area contributed by atoms with Crippen molar-refractivity contribution in [3.63, 3.8) is 0 Å². The minimum atomic E-state index is -0.864. The third-order valence-corrected chi connectivity index (χ3v) is 5.03. The maximum Gasteiger partial charge on any atom is 0.235 e. The Labute approximate surface area is 158 Å². The molecule has 0 heterocycles. The highest BCUT2D eigenvalue weighted by Crippen LogP contribution is 2.46. The maximum atomic E-state index is 12.5. The quantitative estimate of drug-likeness (QED) is 0.701. The first-order valence-electron chi connectivity index (χ1n) is 8.95. The first-order chi connectivity index (χ1) is 12.6. The second kappa shape index (κ2) is 8.37. The number of amides is 2. The van der Waals surface area contributed by atoms with Gasteiger partial charge in [-0.25, -0.2) is 0 Å². The SMILES string of the molecule is O=C(NCCc1ccccc1)C1(C(=O)NCCc2ccc(Cl)cc2)CC1. The van der Waals surface area contributed by atoms with Crippen molar-refractivity contribution in [3.8, 4) is 0 Å². The summed E-state index contributed by atoms with van der Waals surface area (Å²) in [5.41, 5.74) is 1.41. The smallest absolute Gasteiger partial charge is 0.235 e. The van der Waals surface area contributed by atoms with Crippen molar-refractivity contribution in [2.75, 3.05) is 13.1 Å². The Balaban J connectivity index is 1.42. The fourth-order valence-electron chi connectivity index (χ4n) is 2.96. The van der Waals surface area contributed by atoms with E-state index in [2.05, 4.69) is 10.6 Å². The van der Waals surface area contributed by atoms with Gasteiger partial charge in [-0.15, -0.1) is 0 Å². The molecule has 0 atom stereocenters. The highest BCUT2D eigenvalue weighted by atomic mass is 35.5. The van der Waals surface area contributed by atoms with Crippen LogP contribution in [0.4, 0.5) is 0 Å². The van der Waals surface area contributed by atoms with Crippen LogP contribution >= 0.6 is 11.6 Å². The van der Waals surface area contributed by atoms with Crippen LogP contribution in [0.3, 0.4) is 0 Å². The average molecular weight is 371 g/mol. The van der Waals surface area contributed by atoms with Crippen molar-refractivity contribution >= 4 is 23.4 Å². The Morgan fingerprint density at radius 3 is 1.81 bits per heavy atom. The van der Waals surface area contributed by atoms with Gasteiger partial charge in [0, 0.05) is 18.1 Å². The zero-order valence-electron chi connectivity index (χ0n) is 14.6. The molecule has 1 fully saturated rings. The molecule has 0 radical (unpaired) electrons. The summed E-state index contributed by atoms with van der Waals surface area (Å²) < 4.78 is 0. The van der Waals surface area contributed by atoms with Gasteiger partial charge in [-0.1, -0.05) is 54.1 Å². The summed E-state index contributed by atoms with van der Waals surface area (Å²) in [4.78, 5) is 24.9. The molecule has 26 heavy (non-hydrogen) atoms. The summed E-state index contributed by atoms with van der Waals surface area (Å²) in [6.45, 7) is 1.06. The predicted octanol–water partition coefficient (Wildman–Crippen LogP) is 3.14. The van der Waals surface area contributed by atoms with Gasteiger partial charge in [0.05, 0.1) is 0 Å². The van der Waals surface area contributed by atoms with E-state index < -0.39 is 5.41 Å². The van der Waals surface area contributed by atoms with E-state index in [0.717, 1.165) is 12.0 Å². The second-order valence-corrected chi connectivity index (χ2v) is 7.14. The molecule has 2 N–H and O–H groups in total. The summed E-state index contributed by atoms with van der Waals surface area (Å²) in [6.07, 6.45) is 2.73. The Kier molecular flexibility index (Phi) is 5.94. The molecule has 1 aliphatic rings. The molecule has 1 saturated carbocycles. The van der Waals surface area contributed by atoms with Crippen molar-refractivity contribution in [1.82, 2.24) is 10.6 Å². The van der Waals surface area contributed by atoms with Gasteiger partial charge in [0.25, 0.3) is 0 Å². The molecule has 136 valence electrons. The summed E-state index contributed by atoms with van der Waals surface area (Å²) in [5, 5.41) is 6.52. The molecule has 5 heteroatoms. The fourth-order valence-corrected chi connectivity index (χ4v) is 3.08. The predicted molar refractivity (Wildman–Crippen MR) is 103 cm³/mol. The zero-order valence-corrected chi connectivity index (χ0v) is 15.4. The van der Waals surface area contributed by atoms with Crippen LogP contribution in [0.2, 0.25) is 5.02 Å². The summed E-state index contributed by atoms with van der Waals surface area (Å²) in [7, 11) is 0. The minimum Gasteiger partial charge on any atom is -0.355 e. The van der Waals surface area contributed by atoms with E-state index in [4.69, 9.17) is 11.6 Å². The third kappa shape index (κ3) is 4.64. The normalized spacial score (nSPS) is 14.5. The van der Waals surface area contributed by atoms with E-state index >= 15 is 0 Å². The van der Waals surface area contributed by atoms with Crippen LogP contribution in [0.5, 0.6) is 0 Å². The number of carbonyl (C=O) groups excluding carboxylic acids is 2. The van der Waals surface area contributed by atoms with Crippen molar-refractivity contribution in [2.24, 2.45) is 5.41 Å². The van der Waals surface area contributed by atoms with Crippen LogP contribution in [0, 0.1) is 5.41 Å². The molecular weight excluding hydrogens is 348 g/mol. The van der Waals surface area contributed by atoms with Crippen molar-refractivity contribution in [1.29, 1.82) is 0 Å². The largest absolute Gasteiger partial charge is 0.355 e. The van der Waals surface area contributed by atoms with Gasteiger partial charge in [-0.05, 0) is 48.9 Å². The summed E-state index contributed by atoms with van der Waals surface area (Å²) >= 11 is 5.87. The van der Waals surface area contributed by atoms with Crippen molar-refractivity contribution in [3.05, 3.63) is 70.7 Å². The van der Waals surface area contributed by atoms with Gasteiger partial charge in [-0.3, -0.25) is 9.59 Å². The number of nitrogens with one attached hydrogen (secondary N) is 2. The first-order valence-corrected chi connectivity index (χ1v) is 9.33. The summed E-state index contributed by atoms with van der Waals surface area (Å²) in [6, 6.07) is 17.5. The molecule has 0 unspecified atom stereocenters. The molecule has 0 aliphatic heterocycles. The van der Waals surface area contributed by atoms with Crippen LogP contribution in [0.1, 0.15) is 24.0 Å². The molecule has 0 saturated heterocycles. The van der Waals surface area contributed by atoms with Crippen molar-refractivity contribution in [2.45, 2.75) is 25.7 Å². The molecule has 0 spiro atoms. The van der Waals surface area contributed by atoms with Crippen LogP contribution in [0.15, 0.2) is 54.6 Å². The number of hydrogen-bond acceptors (Lipinski definition) is 2. The van der Waals surface area contributed by atoms with Gasteiger partial charge in [0.2, 0.25) is 11.8 Å². The molecule has 4 nitrogen and oxygen atoms in total. The number of carbonyl (C=O) groups is 2. The molecule has 0 bridgehead atoms. The lowest BCUT2D eigenvalue weighted by atomic mass is 10.0. The highest BCUT2D eigenvalue weighted by molar-refractivity contribution is 6.30. The number of halogens is 1. The first kappa shape index (κ1) is 18.5. The number of benzene rings is 2. The molecule has 2 amide bonds. The molecule has 3 rings (SSSR count). The van der Waals surface area contributed by atoms with Gasteiger partial charge in [-0.2, -0.15) is 0 Å². The number of rotatable bonds is 8. The standard InChI is InChI=1S/C21H23ClN2O2/c22-18-8-6-17(7-9-18)11-15-24-20(26)21(12-13-21)19(25)23-14-10-16-4-2-1-3-5-16/h1-9H,10-15H2,(H,23,25)(H,24,26). The Bertz CT molecular complexity index is 755. The Morgan fingerprint density at radius 2 is 1.31 bits per heavy atom. The van der Waals surface area contributed by atoms with E-state index in [1.807, 2.05) is 54.6 Å². The van der Waals surface area contributed by atoms with Gasteiger partial charge in [0.1, 0.15) is 5.41 Å². The Morgan fingerprint density at radius 1 is 0.808 bits per heavy atom.